The van der Waals surface area contributed by atoms with Crippen LogP contribution in [0.25, 0.3) is 11.0 Å². The SMILES string of the molecule is COc1ccnc(CS(=O)c2nc3cc(C)c(C(C)=O)cc3n2CCl)c1OC. The molecule has 0 aliphatic carbocycles. The highest BCUT2D eigenvalue weighted by molar-refractivity contribution is 7.84. The van der Waals surface area contributed by atoms with E-state index in [9.17, 15) is 9.00 Å². The summed E-state index contributed by atoms with van der Waals surface area (Å²) in [4.78, 5) is 20.6. The Hall–Kier alpha value is -2.45. The molecule has 0 amide bonds. The van der Waals surface area contributed by atoms with E-state index >= 15 is 0 Å². The molecule has 0 aliphatic rings. The zero-order valence-corrected chi connectivity index (χ0v) is 17.6. The Bertz CT molecular complexity index is 1080. The number of aromatic nitrogens is 3. The lowest BCUT2D eigenvalue weighted by molar-refractivity contribution is 0.101. The van der Waals surface area contributed by atoms with Crippen molar-refractivity contribution < 1.29 is 18.5 Å². The standard InChI is InChI=1S/C19H20ClN3O4S/c1-11-7-14-16(8-13(11)12(2)24)23(10-20)19(22-14)28(25)9-15-18(27-4)17(26-3)5-6-21-15/h5-8H,9-10H2,1-4H3. The van der Waals surface area contributed by atoms with Gasteiger partial charge in [0.25, 0.3) is 0 Å². The van der Waals surface area contributed by atoms with E-state index < -0.39 is 10.8 Å². The van der Waals surface area contributed by atoms with Crippen LogP contribution in [0.15, 0.2) is 29.6 Å². The number of ether oxygens (including phenoxy) is 2. The molecule has 1 aromatic carbocycles. The van der Waals surface area contributed by atoms with Crippen LogP contribution in [0, 0.1) is 6.92 Å². The van der Waals surface area contributed by atoms with Crippen LogP contribution in [0.4, 0.5) is 0 Å². The predicted octanol–water partition coefficient (Wildman–Crippen LogP) is 3.46. The minimum atomic E-state index is -1.54. The summed E-state index contributed by atoms with van der Waals surface area (Å²) >= 11 is 6.12. The maximum Gasteiger partial charge on any atom is 0.201 e. The summed E-state index contributed by atoms with van der Waals surface area (Å²) in [6.07, 6.45) is 1.57. The number of halogens is 1. The molecular weight excluding hydrogens is 402 g/mol. The number of hydrogen-bond donors (Lipinski definition) is 0. The zero-order chi connectivity index (χ0) is 20.4. The van der Waals surface area contributed by atoms with Crippen LogP contribution < -0.4 is 9.47 Å². The molecule has 1 atom stereocenters. The molecule has 28 heavy (non-hydrogen) atoms. The summed E-state index contributed by atoms with van der Waals surface area (Å²) in [7, 11) is 1.49. The lowest BCUT2D eigenvalue weighted by Crippen LogP contribution is -2.08. The van der Waals surface area contributed by atoms with Gasteiger partial charge in [0.1, 0.15) is 0 Å². The van der Waals surface area contributed by atoms with Gasteiger partial charge in [0.2, 0.25) is 5.16 Å². The number of fused-ring (bicyclic) bond motifs is 1. The maximum absolute atomic E-state index is 13.1. The number of Topliss-reactive ketones (excluding diaryl/α,β-unsaturated/α-hetero) is 1. The Balaban J connectivity index is 2.06. The first-order chi connectivity index (χ1) is 13.4. The Morgan fingerprint density at radius 2 is 2.04 bits per heavy atom. The average Bonchev–Trinajstić information content (AvgIpc) is 3.04. The van der Waals surface area contributed by atoms with E-state index in [1.807, 2.05) is 6.92 Å². The maximum atomic E-state index is 13.1. The van der Waals surface area contributed by atoms with Crippen molar-refractivity contribution in [2.24, 2.45) is 0 Å². The van der Waals surface area contributed by atoms with E-state index in [1.165, 1.54) is 21.1 Å². The molecule has 3 aromatic rings. The fraction of sp³-hybridized carbons (Fsp3) is 0.316. The summed E-state index contributed by atoms with van der Waals surface area (Å²) in [5.41, 5.74) is 3.20. The van der Waals surface area contributed by atoms with Crippen molar-refractivity contribution in [3.05, 3.63) is 41.2 Å². The molecular formula is C19H20ClN3O4S. The lowest BCUT2D eigenvalue weighted by atomic mass is 10.0. The number of alkyl halides is 1. The Morgan fingerprint density at radius 1 is 1.29 bits per heavy atom. The van der Waals surface area contributed by atoms with Crippen molar-refractivity contribution in [2.75, 3.05) is 14.2 Å². The number of carbonyl (C=O) groups is 1. The number of pyridine rings is 1. The third-order valence-electron chi connectivity index (χ3n) is 4.40. The number of aryl methyl sites for hydroxylation is 1. The molecule has 3 rings (SSSR count). The molecule has 1 unspecified atom stereocenters. The van der Waals surface area contributed by atoms with Gasteiger partial charge in [-0.05, 0) is 31.5 Å². The van der Waals surface area contributed by atoms with Gasteiger partial charge < -0.3 is 14.0 Å². The second-order valence-electron chi connectivity index (χ2n) is 6.14. The minimum Gasteiger partial charge on any atom is -0.493 e. The highest BCUT2D eigenvalue weighted by Gasteiger charge is 2.21. The van der Waals surface area contributed by atoms with E-state index in [-0.39, 0.29) is 17.5 Å². The van der Waals surface area contributed by atoms with Crippen molar-refractivity contribution >= 4 is 39.2 Å². The van der Waals surface area contributed by atoms with Crippen molar-refractivity contribution in [2.45, 2.75) is 30.8 Å². The predicted molar refractivity (Wildman–Crippen MR) is 108 cm³/mol. The number of imidazole rings is 1. The van der Waals surface area contributed by atoms with Gasteiger partial charge in [0.05, 0.1) is 53.5 Å². The van der Waals surface area contributed by atoms with Crippen molar-refractivity contribution in [3.63, 3.8) is 0 Å². The molecule has 0 spiro atoms. The van der Waals surface area contributed by atoms with Gasteiger partial charge in [-0.25, -0.2) is 4.98 Å². The number of hydrogen-bond acceptors (Lipinski definition) is 6. The van der Waals surface area contributed by atoms with Crippen LogP contribution >= 0.6 is 11.6 Å². The molecule has 0 N–H and O–H groups in total. The van der Waals surface area contributed by atoms with Crippen LogP contribution in [0.3, 0.4) is 0 Å². The van der Waals surface area contributed by atoms with Crippen LogP contribution in [-0.2, 0) is 22.6 Å². The smallest absolute Gasteiger partial charge is 0.201 e. The zero-order valence-electron chi connectivity index (χ0n) is 16.0. The summed E-state index contributed by atoms with van der Waals surface area (Å²) in [6.45, 7) is 3.35. The number of methoxy groups -OCH3 is 2. The molecule has 2 aromatic heterocycles. The first-order valence-corrected chi connectivity index (χ1v) is 10.3. The van der Waals surface area contributed by atoms with Crippen LogP contribution in [0.2, 0.25) is 0 Å². The van der Waals surface area contributed by atoms with E-state index in [0.717, 1.165) is 5.56 Å². The van der Waals surface area contributed by atoms with E-state index in [2.05, 4.69) is 9.97 Å². The number of carbonyl (C=O) groups excluding carboxylic acids is 1. The number of nitrogens with zero attached hydrogens (tertiary/aromatic N) is 3. The average molecular weight is 422 g/mol. The van der Waals surface area contributed by atoms with Gasteiger partial charge in [0, 0.05) is 17.8 Å². The second-order valence-corrected chi connectivity index (χ2v) is 7.72. The molecule has 148 valence electrons. The van der Waals surface area contributed by atoms with E-state index in [0.29, 0.717) is 38.9 Å². The van der Waals surface area contributed by atoms with Gasteiger partial charge in [-0.3, -0.25) is 14.0 Å². The topological polar surface area (TPSA) is 83.3 Å². The number of benzene rings is 1. The lowest BCUT2D eigenvalue weighted by Gasteiger charge is -2.11. The summed E-state index contributed by atoms with van der Waals surface area (Å²) < 4.78 is 25.4. The molecule has 0 radical (unpaired) electrons. The van der Waals surface area contributed by atoms with Gasteiger partial charge in [-0.1, -0.05) is 0 Å². The molecule has 0 saturated carbocycles. The molecule has 9 heteroatoms. The van der Waals surface area contributed by atoms with Gasteiger partial charge >= 0.3 is 0 Å². The Morgan fingerprint density at radius 3 is 2.64 bits per heavy atom. The third kappa shape index (κ3) is 3.62. The van der Waals surface area contributed by atoms with Gasteiger partial charge in [-0.2, -0.15) is 0 Å². The number of ketones is 1. The molecule has 2 heterocycles. The molecule has 7 nitrogen and oxygen atoms in total. The fourth-order valence-electron chi connectivity index (χ4n) is 3.06. The van der Waals surface area contributed by atoms with E-state index in [1.54, 1.807) is 29.0 Å². The second kappa shape index (κ2) is 8.28. The van der Waals surface area contributed by atoms with Crippen molar-refractivity contribution in [1.82, 2.24) is 14.5 Å². The Kier molecular flexibility index (Phi) is 6.00. The van der Waals surface area contributed by atoms with Crippen LogP contribution in [0.1, 0.15) is 28.5 Å². The summed E-state index contributed by atoms with van der Waals surface area (Å²) in [5.74, 6) is 0.979. The first kappa shape index (κ1) is 20.3. The monoisotopic (exact) mass is 421 g/mol. The summed E-state index contributed by atoms with van der Waals surface area (Å²) in [6, 6.07) is 5.28. The summed E-state index contributed by atoms with van der Waals surface area (Å²) in [5, 5.41) is 0.316. The molecule has 0 fully saturated rings. The molecule has 0 saturated heterocycles. The largest absolute Gasteiger partial charge is 0.493 e. The van der Waals surface area contributed by atoms with Gasteiger partial charge in [0.15, 0.2) is 17.3 Å². The van der Waals surface area contributed by atoms with Crippen molar-refractivity contribution in [3.8, 4) is 11.5 Å². The quantitative estimate of drug-likeness (QED) is 0.429. The number of rotatable bonds is 7. The normalized spacial score (nSPS) is 12.2. The highest BCUT2D eigenvalue weighted by atomic mass is 35.5. The van der Waals surface area contributed by atoms with Gasteiger partial charge in [-0.15, -0.1) is 11.6 Å². The molecule has 0 aliphatic heterocycles. The Labute approximate surface area is 170 Å². The van der Waals surface area contributed by atoms with Crippen LogP contribution in [-0.4, -0.2) is 38.7 Å². The highest BCUT2D eigenvalue weighted by Crippen LogP contribution is 2.31. The fourth-order valence-corrected chi connectivity index (χ4v) is 4.57. The van der Waals surface area contributed by atoms with Crippen molar-refractivity contribution in [1.29, 1.82) is 0 Å². The minimum absolute atomic E-state index is 0.0466. The third-order valence-corrected chi connectivity index (χ3v) is 5.89. The molecule has 0 bridgehead atoms. The van der Waals surface area contributed by atoms with E-state index in [4.69, 9.17) is 21.1 Å². The van der Waals surface area contributed by atoms with Crippen LogP contribution in [0.5, 0.6) is 11.5 Å². The first-order valence-electron chi connectivity index (χ1n) is 8.43.